The van der Waals surface area contributed by atoms with Gasteiger partial charge in [0.2, 0.25) is 0 Å². The molecule has 0 aliphatic carbocycles. The molecule has 20 heavy (non-hydrogen) atoms. The highest BCUT2D eigenvalue weighted by molar-refractivity contribution is 5.49. The maximum atomic E-state index is 14.4. The molecule has 114 valence electrons. The van der Waals surface area contributed by atoms with E-state index in [9.17, 15) is 4.39 Å². The summed E-state index contributed by atoms with van der Waals surface area (Å²) in [6, 6.07) is 5.82. The van der Waals surface area contributed by atoms with Crippen LogP contribution in [-0.2, 0) is 0 Å². The molecule has 1 atom stereocenters. The molecule has 0 saturated heterocycles. The molecule has 0 aromatic heterocycles. The van der Waals surface area contributed by atoms with Crippen LogP contribution in [0.25, 0.3) is 0 Å². The summed E-state index contributed by atoms with van der Waals surface area (Å²) in [5.74, 6) is 0.411. The van der Waals surface area contributed by atoms with Crippen LogP contribution in [-0.4, -0.2) is 19.6 Å². The summed E-state index contributed by atoms with van der Waals surface area (Å²) >= 11 is 0. The van der Waals surface area contributed by atoms with E-state index in [0.717, 1.165) is 31.6 Å². The number of nitrogens with zero attached hydrogens (tertiary/aromatic N) is 1. The minimum atomic E-state index is -0.116. The molecule has 0 aliphatic heterocycles. The summed E-state index contributed by atoms with van der Waals surface area (Å²) in [5.41, 5.74) is 1.73. The van der Waals surface area contributed by atoms with Crippen LogP contribution in [0.3, 0.4) is 0 Å². The van der Waals surface area contributed by atoms with E-state index >= 15 is 0 Å². The van der Waals surface area contributed by atoms with Crippen LogP contribution < -0.4 is 10.2 Å². The highest BCUT2D eigenvalue weighted by Crippen LogP contribution is 2.24. The summed E-state index contributed by atoms with van der Waals surface area (Å²) < 4.78 is 14.4. The van der Waals surface area contributed by atoms with E-state index in [-0.39, 0.29) is 11.9 Å². The minimum Gasteiger partial charge on any atom is -0.369 e. The van der Waals surface area contributed by atoms with E-state index in [1.54, 1.807) is 6.07 Å². The smallest absolute Gasteiger partial charge is 0.146 e. The molecule has 0 aliphatic rings. The Hall–Kier alpha value is -1.09. The Morgan fingerprint density at radius 2 is 1.90 bits per heavy atom. The normalized spacial score (nSPS) is 12.8. The van der Waals surface area contributed by atoms with Crippen molar-refractivity contribution in [1.29, 1.82) is 0 Å². The van der Waals surface area contributed by atoms with Crippen LogP contribution >= 0.6 is 0 Å². The quantitative estimate of drug-likeness (QED) is 0.760. The van der Waals surface area contributed by atoms with Crippen LogP contribution in [0.4, 0.5) is 10.1 Å². The molecule has 0 saturated carbocycles. The highest BCUT2D eigenvalue weighted by Gasteiger charge is 2.13. The van der Waals surface area contributed by atoms with E-state index < -0.39 is 0 Å². The number of benzene rings is 1. The standard InChI is InChI=1S/C17H29FN2/c1-6-10-19-14(5)15-8-9-17(16(18)11-15)20(7-2)12-13(3)4/h8-9,11,13-14,19H,6-7,10,12H2,1-5H3. The first kappa shape index (κ1) is 17.0. The Morgan fingerprint density at radius 3 is 2.40 bits per heavy atom. The fourth-order valence-electron chi connectivity index (χ4n) is 2.37. The van der Waals surface area contributed by atoms with Crippen LogP contribution in [0.15, 0.2) is 18.2 Å². The molecular weight excluding hydrogens is 251 g/mol. The second-order valence-corrected chi connectivity index (χ2v) is 5.82. The maximum Gasteiger partial charge on any atom is 0.146 e. The lowest BCUT2D eigenvalue weighted by Gasteiger charge is -2.26. The van der Waals surface area contributed by atoms with Gasteiger partial charge in [0, 0.05) is 19.1 Å². The number of nitrogens with one attached hydrogen (secondary N) is 1. The Bertz CT molecular complexity index is 404. The SMILES string of the molecule is CCCNC(C)c1ccc(N(CC)CC(C)C)c(F)c1. The molecule has 1 N–H and O–H groups in total. The molecule has 3 heteroatoms. The van der Waals surface area contributed by atoms with Gasteiger partial charge in [-0.3, -0.25) is 0 Å². The first-order valence-electron chi connectivity index (χ1n) is 7.77. The third-order valence-corrected chi connectivity index (χ3v) is 3.48. The van der Waals surface area contributed by atoms with Gasteiger partial charge in [0.05, 0.1) is 5.69 Å². The van der Waals surface area contributed by atoms with Crippen molar-refractivity contribution in [3.8, 4) is 0 Å². The highest BCUT2D eigenvalue weighted by atomic mass is 19.1. The van der Waals surface area contributed by atoms with Crippen molar-refractivity contribution in [1.82, 2.24) is 5.32 Å². The van der Waals surface area contributed by atoms with Crippen molar-refractivity contribution >= 4 is 5.69 Å². The molecule has 1 unspecified atom stereocenters. The average Bonchev–Trinajstić information content (AvgIpc) is 2.42. The van der Waals surface area contributed by atoms with Crippen molar-refractivity contribution in [2.75, 3.05) is 24.5 Å². The second-order valence-electron chi connectivity index (χ2n) is 5.82. The van der Waals surface area contributed by atoms with Gasteiger partial charge >= 0.3 is 0 Å². The molecule has 1 aromatic carbocycles. The topological polar surface area (TPSA) is 15.3 Å². The molecule has 0 heterocycles. The molecule has 0 bridgehead atoms. The zero-order chi connectivity index (χ0) is 15.1. The van der Waals surface area contributed by atoms with Crippen molar-refractivity contribution in [3.05, 3.63) is 29.6 Å². The molecule has 2 nitrogen and oxygen atoms in total. The average molecular weight is 280 g/mol. The molecular formula is C17H29FN2. The summed E-state index contributed by atoms with van der Waals surface area (Å²) in [5, 5.41) is 3.39. The Labute approximate surface area is 123 Å². The number of hydrogen-bond acceptors (Lipinski definition) is 2. The zero-order valence-electron chi connectivity index (χ0n) is 13.5. The molecule has 1 rings (SSSR count). The minimum absolute atomic E-state index is 0.116. The van der Waals surface area contributed by atoms with Gasteiger partial charge in [0.25, 0.3) is 0 Å². The lowest BCUT2D eigenvalue weighted by molar-refractivity contribution is 0.557. The van der Waals surface area contributed by atoms with Crippen LogP contribution in [0.2, 0.25) is 0 Å². The summed E-state index contributed by atoms with van der Waals surface area (Å²) in [7, 11) is 0. The number of rotatable bonds is 8. The zero-order valence-corrected chi connectivity index (χ0v) is 13.5. The van der Waals surface area contributed by atoms with Gasteiger partial charge in [-0.15, -0.1) is 0 Å². The van der Waals surface area contributed by atoms with Crippen molar-refractivity contribution in [2.24, 2.45) is 5.92 Å². The molecule has 0 radical (unpaired) electrons. The van der Waals surface area contributed by atoms with E-state index in [0.29, 0.717) is 11.6 Å². The van der Waals surface area contributed by atoms with Gasteiger partial charge in [-0.05, 0) is 50.4 Å². The molecule has 0 fully saturated rings. The Balaban J connectivity index is 2.86. The van der Waals surface area contributed by atoms with E-state index in [4.69, 9.17) is 0 Å². The lowest BCUT2D eigenvalue weighted by atomic mass is 10.1. The fourth-order valence-corrected chi connectivity index (χ4v) is 2.37. The van der Waals surface area contributed by atoms with Gasteiger partial charge < -0.3 is 10.2 Å². The largest absolute Gasteiger partial charge is 0.369 e. The van der Waals surface area contributed by atoms with E-state index in [2.05, 4.69) is 44.8 Å². The Kier molecular flexibility index (Phi) is 7.00. The molecule has 0 amide bonds. The van der Waals surface area contributed by atoms with E-state index in [1.165, 1.54) is 0 Å². The number of hydrogen-bond donors (Lipinski definition) is 1. The number of halogens is 1. The predicted octanol–water partition coefficient (Wildman–Crippen LogP) is 4.37. The van der Waals surface area contributed by atoms with Gasteiger partial charge in [-0.1, -0.05) is 26.8 Å². The molecule has 0 spiro atoms. The summed E-state index contributed by atoms with van der Waals surface area (Å²) in [6.45, 7) is 13.3. The third kappa shape index (κ3) is 4.78. The summed E-state index contributed by atoms with van der Waals surface area (Å²) in [4.78, 5) is 2.11. The first-order valence-corrected chi connectivity index (χ1v) is 7.77. The van der Waals surface area contributed by atoms with Gasteiger partial charge in [-0.2, -0.15) is 0 Å². The fraction of sp³-hybridized carbons (Fsp3) is 0.647. The Morgan fingerprint density at radius 1 is 1.20 bits per heavy atom. The maximum absolute atomic E-state index is 14.4. The second kappa shape index (κ2) is 8.25. The summed E-state index contributed by atoms with van der Waals surface area (Å²) in [6.07, 6.45) is 1.09. The van der Waals surface area contributed by atoms with Crippen molar-refractivity contribution < 1.29 is 4.39 Å². The van der Waals surface area contributed by atoms with Crippen LogP contribution in [0.1, 0.15) is 52.6 Å². The van der Waals surface area contributed by atoms with Crippen LogP contribution in [0, 0.1) is 11.7 Å². The van der Waals surface area contributed by atoms with Crippen LogP contribution in [0.5, 0.6) is 0 Å². The van der Waals surface area contributed by atoms with Gasteiger partial charge in [-0.25, -0.2) is 4.39 Å². The molecule has 1 aromatic rings. The van der Waals surface area contributed by atoms with Gasteiger partial charge in [0.1, 0.15) is 5.82 Å². The predicted molar refractivity (Wildman–Crippen MR) is 85.8 cm³/mol. The van der Waals surface area contributed by atoms with Gasteiger partial charge in [0.15, 0.2) is 0 Å². The van der Waals surface area contributed by atoms with Crippen molar-refractivity contribution in [2.45, 2.75) is 47.1 Å². The first-order chi connectivity index (χ1) is 9.49. The number of anilines is 1. The third-order valence-electron chi connectivity index (χ3n) is 3.48. The lowest BCUT2D eigenvalue weighted by Crippen LogP contribution is -2.28. The van der Waals surface area contributed by atoms with Crippen molar-refractivity contribution in [3.63, 3.8) is 0 Å². The van der Waals surface area contributed by atoms with E-state index in [1.807, 2.05) is 12.1 Å². The monoisotopic (exact) mass is 280 g/mol.